The van der Waals surface area contributed by atoms with Crippen molar-refractivity contribution in [2.24, 2.45) is 5.92 Å². The molecule has 0 bridgehead atoms. The lowest BCUT2D eigenvalue weighted by Crippen LogP contribution is -2.33. The average molecular weight is 607 g/mol. The Balaban J connectivity index is 1.42. The highest BCUT2D eigenvalue weighted by molar-refractivity contribution is 9.10. The fraction of sp³-hybridized carbons (Fsp3) is 0.143. The highest BCUT2D eigenvalue weighted by Gasteiger charge is 2.56. The zero-order valence-corrected chi connectivity index (χ0v) is 23.0. The first-order valence-electron chi connectivity index (χ1n) is 11.9. The Hall–Kier alpha value is -3.47. The molecule has 2 unspecified atom stereocenters. The Morgan fingerprint density at radius 1 is 0.868 bits per heavy atom. The topological polar surface area (TPSA) is 88.5 Å². The van der Waals surface area contributed by atoms with Crippen LogP contribution in [0.4, 0.5) is 11.4 Å². The summed E-state index contributed by atoms with van der Waals surface area (Å²) in [6.07, 6.45) is 0. The van der Waals surface area contributed by atoms with Gasteiger partial charge in [0.25, 0.3) is 0 Å². The molecular formula is C28H20BrN3O4S2. The zero-order chi connectivity index (χ0) is 26.4. The van der Waals surface area contributed by atoms with Crippen LogP contribution in [0.3, 0.4) is 0 Å². The maximum Gasteiger partial charge on any atom is 0.308 e. The summed E-state index contributed by atoms with van der Waals surface area (Å²) in [6, 6.07) is 25.5. The highest BCUT2D eigenvalue weighted by Crippen LogP contribution is 2.53. The van der Waals surface area contributed by atoms with Gasteiger partial charge in [0.05, 0.1) is 16.6 Å². The molecule has 0 saturated carbocycles. The van der Waals surface area contributed by atoms with Crippen molar-refractivity contribution in [3.8, 4) is 0 Å². The first-order chi connectivity index (χ1) is 18.4. The lowest BCUT2D eigenvalue weighted by atomic mass is 9.83. The van der Waals surface area contributed by atoms with Gasteiger partial charge in [-0.05, 0) is 42.0 Å². The summed E-state index contributed by atoms with van der Waals surface area (Å²) < 4.78 is 2.31. The Morgan fingerprint density at radius 2 is 1.53 bits per heavy atom. The number of rotatable bonds is 5. The van der Waals surface area contributed by atoms with Gasteiger partial charge in [0, 0.05) is 21.0 Å². The van der Waals surface area contributed by atoms with Crippen molar-refractivity contribution < 1.29 is 14.4 Å². The number of aromatic nitrogens is 1. The van der Waals surface area contributed by atoms with E-state index >= 15 is 0 Å². The minimum absolute atomic E-state index is 0.193. The third-order valence-corrected chi connectivity index (χ3v) is 9.78. The van der Waals surface area contributed by atoms with Gasteiger partial charge in [-0.1, -0.05) is 87.6 Å². The standard InChI is InChI=1S/C28H20BrN3O4S2/c29-17-13-11-16(12-14-17)21-22-23(26(35)32(25(22)34)19-9-5-2-6-10-19)37-27-24(21)38-28(36)31(27)15-20(33)30-18-7-3-1-4-8-18/h1-14,21-23H,15H2,(H,30,33)/t21-,22?,23?/m1/s1. The van der Waals surface area contributed by atoms with Crippen molar-refractivity contribution in [3.63, 3.8) is 0 Å². The number of fused-ring (bicyclic) bond motifs is 2. The molecule has 3 heterocycles. The molecule has 0 radical (unpaired) electrons. The van der Waals surface area contributed by atoms with Crippen LogP contribution in [0.15, 0.2) is 99.2 Å². The second-order valence-electron chi connectivity index (χ2n) is 8.98. The molecular weight excluding hydrogens is 586 g/mol. The Bertz CT molecular complexity index is 1600. The largest absolute Gasteiger partial charge is 0.325 e. The number of halogens is 1. The third-order valence-electron chi connectivity index (χ3n) is 6.65. The number of thioether (sulfide) groups is 1. The van der Waals surface area contributed by atoms with Gasteiger partial charge in [-0.2, -0.15) is 0 Å². The summed E-state index contributed by atoms with van der Waals surface area (Å²) in [7, 11) is 0. The number of imide groups is 1. The van der Waals surface area contributed by atoms with Gasteiger partial charge >= 0.3 is 4.87 Å². The number of carbonyl (C=O) groups excluding carboxylic acids is 3. The molecule has 4 aromatic rings. The first-order valence-corrected chi connectivity index (χ1v) is 14.3. The van der Waals surface area contributed by atoms with E-state index in [1.54, 1.807) is 36.4 Å². The summed E-state index contributed by atoms with van der Waals surface area (Å²) >= 11 is 5.70. The van der Waals surface area contributed by atoms with Gasteiger partial charge in [-0.3, -0.25) is 23.7 Å². The van der Waals surface area contributed by atoms with Crippen LogP contribution < -0.4 is 15.1 Å². The van der Waals surface area contributed by atoms with Crippen LogP contribution in [0.5, 0.6) is 0 Å². The fourth-order valence-electron chi connectivity index (χ4n) is 4.98. The summed E-state index contributed by atoms with van der Waals surface area (Å²) in [5, 5.41) is 2.66. The number of thiazole rings is 1. The van der Waals surface area contributed by atoms with E-state index in [9.17, 15) is 19.2 Å². The van der Waals surface area contributed by atoms with Gasteiger partial charge in [0.1, 0.15) is 11.8 Å². The molecule has 2 aliphatic rings. The van der Waals surface area contributed by atoms with Gasteiger partial charge < -0.3 is 5.32 Å². The molecule has 10 heteroatoms. The van der Waals surface area contributed by atoms with Crippen molar-refractivity contribution in [2.45, 2.75) is 22.7 Å². The van der Waals surface area contributed by atoms with Crippen LogP contribution in [0.2, 0.25) is 0 Å². The molecule has 1 saturated heterocycles. The number of hydrogen-bond acceptors (Lipinski definition) is 6. The minimum Gasteiger partial charge on any atom is -0.325 e. The van der Waals surface area contributed by atoms with E-state index in [0.717, 1.165) is 21.4 Å². The number of para-hydroxylation sites is 2. The van der Waals surface area contributed by atoms with Crippen LogP contribution in [0.1, 0.15) is 16.4 Å². The summed E-state index contributed by atoms with van der Waals surface area (Å²) in [5.74, 6) is -2.12. The maximum atomic E-state index is 13.8. The second kappa shape index (κ2) is 10.0. The number of amides is 3. The third kappa shape index (κ3) is 4.32. The Labute approximate surface area is 234 Å². The summed E-state index contributed by atoms with van der Waals surface area (Å²) in [6.45, 7) is -0.193. The first kappa shape index (κ1) is 24.8. The van der Waals surface area contributed by atoms with Crippen molar-refractivity contribution in [2.75, 3.05) is 10.2 Å². The van der Waals surface area contributed by atoms with Gasteiger partial charge in [-0.15, -0.1) is 0 Å². The molecule has 3 atom stereocenters. The molecule has 6 rings (SSSR count). The van der Waals surface area contributed by atoms with Crippen molar-refractivity contribution in [1.29, 1.82) is 0 Å². The van der Waals surface area contributed by atoms with E-state index in [2.05, 4.69) is 21.2 Å². The maximum absolute atomic E-state index is 13.8. The molecule has 3 amide bonds. The molecule has 0 aliphatic carbocycles. The van der Waals surface area contributed by atoms with Gasteiger partial charge in [-0.25, -0.2) is 4.90 Å². The van der Waals surface area contributed by atoms with Crippen LogP contribution >= 0.6 is 39.0 Å². The Kier molecular flexibility index (Phi) is 6.55. The number of anilines is 2. The second-order valence-corrected chi connectivity index (χ2v) is 12.0. The lowest BCUT2D eigenvalue weighted by molar-refractivity contribution is -0.122. The van der Waals surface area contributed by atoms with E-state index in [-0.39, 0.29) is 29.1 Å². The predicted molar refractivity (Wildman–Crippen MR) is 152 cm³/mol. The SMILES string of the molecule is O=C(Cn1c2c(sc1=O)[C@H](c1ccc(Br)cc1)C1C(=O)N(c3ccccc3)C(=O)C1S2)Nc1ccccc1. The molecule has 2 aliphatic heterocycles. The van der Waals surface area contributed by atoms with Crippen molar-refractivity contribution >= 4 is 68.1 Å². The number of carbonyl (C=O) groups is 3. The highest BCUT2D eigenvalue weighted by atomic mass is 79.9. The van der Waals surface area contributed by atoms with E-state index in [1.807, 2.05) is 48.5 Å². The smallest absolute Gasteiger partial charge is 0.308 e. The van der Waals surface area contributed by atoms with E-state index in [1.165, 1.54) is 21.2 Å². The Morgan fingerprint density at radius 3 is 2.21 bits per heavy atom. The number of benzene rings is 3. The molecule has 0 spiro atoms. The van der Waals surface area contributed by atoms with E-state index < -0.39 is 17.1 Å². The van der Waals surface area contributed by atoms with Crippen LogP contribution in [-0.4, -0.2) is 27.5 Å². The van der Waals surface area contributed by atoms with Gasteiger partial charge in [0.2, 0.25) is 17.7 Å². The fourth-order valence-corrected chi connectivity index (χ4v) is 8.02. The van der Waals surface area contributed by atoms with Crippen molar-refractivity contribution in [3.05, 3.63) is 110 Å². The molecule has 1 N–H and O–H groups in total. The zero-order valence-electron chi connectivity index (χ0n) is 19.7. The number of hydrogen-bond donors (Lipinski definition) is 1. The minimum atomic E-state index is -0.721. The van der Waals surface area contributed by atoms with Gasteiger partial charge in [0.15, 0.2) is 0 Å². The van der Waals surface area contributed by atoms with Crippen molar-refractivity contribution in [1.82, 2.24) is 4.57 Å². The average Bonchev–Trinajstić information content (AvgIpc) is 3.36. The number of nitrogens with zero attached hydrogens (tertiary/aromatic N) is 2. The summed E-state index contributed by atoms with van der Waals surface area (Å²) in [4.78, 5) is 55.2. The molecule has 38 heavy (non-hydrogen) atoms. The molecule has 1 aromatic heterocycles. The summed E-state index contributed by atoms with van der Waals surface area (Å²) in [5.41, 5.74) is 1.99. The van der Waals surface area contributed by atoms with Crippen LogP contribution in [-0.2, 0) is 20.9 Å². The van der Waals surface area contributed by atoms with E-state index in [4.69, 9.17) is 0 Å². The van der Waals surface area contributed by atoms with Crippen LogP contribution in [0.25, 0.3) is 0 Å². The molecule has 1 fully saturated rings. The van der Waals surface area contributed by atoms with Crippen LogP contribution in [0, 0.1) is 5.92 Å². The monoisotopic (exact) mass is 605 g/mol. The number of nitrogens with one attached hydrogen (secondary N) is 1. The molecule has 190 valence electrons. The lowest BCUT2D eigenvalue weighted by Gasteiger charge is -2.30. The molecule has 7 nitrogen and oxygen atoms in total. The molecule has 3 aromatic carbocycles. The predicted octanol–water partition coefficient (Wildman–Crippen LogP) is 5.11. The normalized spacial score (nSPS) is 20.2. The van der Waals surface area contributed by atoms with E-state index in [0.29, 0.717) is 21.3 Å². The quantitative estimate of drug-likeness (QED) is 0.319.